The molecule has 0 saturated carbocycles. The number of aromatic nitrogens is 1. The van der Waals surface area contributed by atoms with Crippen molar-refractivity contribution < 1.29 is 9.90 Å². The van der Waals surface area contributed by atoms with Crippen LogP contribution in [0.4, 0.5) is 0 Å². The number of nitrogens with one attached hydrogen (secondary N) is 1. The molecule has 1 heterocycles. The van der Waals surface area contributed by atoms with Gasteiger partial charge < -0.3 is 0 Å². The van der Waals surface area contributed by atoms with Gasteiger partial charge in [-0.05, 0) is 0 Å². The van der Waals surface area contributed by atoms with Crippen LogP contribution < -0.4 is 0 Å². The summed E-state index contributed by atoms with van der Waals surface area (Å²) >= 11 is 4.71. The Kier molecular flexibility index (Phi) is 3.41. The fourth-order valence-corrected chi connectivity index (χ4v) is 2.68. The number of rotatable bonds is 3. The van der Waals surface area contributed by atoms with Crippen molar-refractivity contribution in [1.82, 2.24) is 4.98 Å². The van der Waals surface area contributed by atoms with Crippen LogP contribution in [0.3, 0.4) is 0 Å². The predicted octanol–water partition coefficient (Wildman–Crippen LogP) is 1.98. The van der Waals surface area contributed by atoms with Crippen molar-refractivity contribution in [3.05, 3.63) is 34.4 Å². The number of hydrogen-bond donors (Lipinski definition) is 2. The van der Waals surface area contributed by atoms with Gasteiger partial charge in [0.05, 0.1) is 0 Å². The molecule has 84 valence electrons. The molecule has 0 fully saturated rings. The van der Waals surface area contributed by atoms with Crippen LogP contribution in [-0.2, 0) is 11.2 Å². The van der Waals surface area contributed by atoms with Gasteiger partial charge in [0.25, 0.3) is 0 Å². The zero-order valence-corrected chi connectivity index (χ0v) is 12.4. The summed E-state index contributed by atoms with van der Waals surface area (Å²) in [4.78, 5) is 14.0. The fraction of sp³-hybridized carbons (Fsp3) is 0.182. The average molecular weight is 344 g/mol. The molecule has 2 N–H and O–H groups in total. The third kappa shape index (κ3) is 2.18. The van der Waals surface area contributed by atoms with Crippen molar-refractivity contribution >= 4 is 49.7 Å². The molecular formula is C11H11AsBrNO2. The van der Waals surface area contributed by atoms with Gasteiger partial charge in [-0.1, -0.05) is 0 Å². The van der Waals surface area contributed by atoms with Gasteiger partial charge in [0.1, 0.15) is 0 Å². The third-order valence-electron chi connectivity index (χ3n) is 2.51. The number of carboxylic acid groups (broad SMARTS) is 1. The van der Waals surface area contributed by atoms with E-state index in [4.69, 9.17) is 5.11 Å². The van der Waals surface area contributed by atoms with Crippen molar-refractivity contribution in [3.8, 4) is 0 Å². The van der Waals surface area contributed by atoms with Crippen molar-refractivity contribution in [2.24, 2.45) is 0 Å². The Morgan fingerprint density at radius 2 is 2.31 bits per heavy atom. The van der Waals surface area contributed by atoms with Gasteiger partial charge in [-0.15, -0.1) is 0 Å². The molecule has 0 spiro atoms. The second kappa shape index (κ2) is 4.64. The summed E-state index contributed by atoms with van der Waals surface area (Å²) in [6.07, 6.45) is 2.47. The van der Waals surface area contributed by atoms with E-state index in [1.54, 1.807) is 0 Å². The molecule has 0 aliphatic carbocycles. The molecule has 0 amide bonds. The van der Waals surface area contributed by atoms with Crippen molar-refractivity contribution in [1.29, 1.82) is 0 Å². The minimum absolute atomic E-state index is 0.300. The molecule has 1 aromatic carbocycles. The van der Waals surface area contributed by atoms with Crippen molar-refractivity contribution in [2.75, 3.05) is 0 Å². The number of hydrogen-bond acceptors (Lipinski definition) is 1. The van der Waals surface area contributed by atoms with Crippen LogP contribution in [0.15, 0.2) is 28.9 Å². The topological polar surface area (TPSA) is 53.1 Å². The van der Waals surface area contributed by atoms with Gasteiger partial charge in [-0.25, -0.2) is 0 Å². The molecule has 5 heteroatoms. The number of aliphatic carboxylic acids is 1. The maximum absolute atomic E-state index is 10.8. The summed E-state index contributed by atoms with van der Waals surface area (Å²) in [6.45, 7) is 0. The molecule has 0 bridgehead atoms. The summed E-state index contributed by atoms with van der Waals surface area (Å²) in [5, 5.41) is 10.00. The Morgan fingerprint density at radius 1 is 1.56 bits per heavy atom. The molecule has 1 aromatic heterocycles. The summed E-state index contributed by atoms with van der Waals surface area (Å²) < 4.78 is 0.704. The van der Waals surface area contributed by atoms with Crippen LogP contribution in [0.5, 0.6) is 0 Å². The van der Waals surface area contributed by atoms with Crippen LogP contribution >= 0.6 is 15.9 Å². The Hall–Kier alpha value is -0.732. The second-order valence-electron chi connectivity index (χ2n) is 3.63. The first kappa shape index (κ1) is 11.7. The predicted molar refractivity (Wildman–Crippen MR) is 69.6 cm³/mol. The Balaban J connectivity index is 2.39. The van der Waals surface area contributed by atoms with E-state index in [9.17, 15) is 4.79 Å². The van der Waals surface area contributed by atoms with E-state index in [2.05, 4.69) is 20.9 Å². The van der Waals surface area contributed by atoms with Gasteiger partial charge in [-0.3, -0.25) is 0 Å². The molecule has 16 heavy (non-hydrogen) atoms. The number of benzene rings is 1. The van der Waals surface area contributed by atoms with Gasteiger partial charge in [0.2, 0.25) is 0 Å². The minimum atomic E-state index is -0.732. The van der Waals surface area contributed by atoms with Crippen LogP contribution in [0, 0.1) is 0 Å². The molecule has 2 aromatic rings. The van der Waals surface area contributed by atoms with E-state index in [0.717, 1.165) is 20.9 Å². The number of carbonyl (C=O) groups is 1. The van der Waals surface area contributed by atoms with E-state index in [1.807, 2.05) is 24.4 Å². The van der Waals surface area contributed by atoms with Crippen LogP contribution in [0.1, 0.15) is 5.56 Å². The molecule has 3 nitrogen and oxygen atoms in total. The van der Waals surface area contributed by atoms with Crippen molar-refractivity contribution in [2.45, 2.75) is 11.1 Å². The van der Waals surface area contributed by atoms with Gasteiger partial charge in [0, 0.05) is 0 Å². The SMILES string of the molecule is O=C(O)C([AsH2])Cc1c[nH]c2c(Br)cccc12. The Morgan fingerprint density at radius 3 is 3.00 bits per heavy atom. The van der Waals surface area contributed by atoms with E-state index < -0.39 is 5.97 Å². The summed E-state index contributed by atoms with van der Waals surface area (Å²) in [5.74, 6) is -0.732. The van der Waals surface area contributed by atoms with Gasteiger partial charge in [0.15, 0.2) is 0 Å². The maximum atomic E-state index is 10.8. The molecule has 2 rings (SSSR count). The summed E-state index contributed by atoms with van der Waals surface area (Å²) in [7, 11) is 0. The summed E-state index contributed by atoms with van der Waals surface area (Å²) in [6, 6.07) is 5.93. The molecule has 0 aliphatic heterocycles. The van der Waals surface area contributed by atoms with E-state index in [0.29, 0.717) is 6.42 Å². The standard InChI is InChI=1S/C11H11AsBrNO2/c12-8(11(15)16)4-6-5-14-10-7(6)2-1-3-9(10)13/h1-3,5,8,14H,4,12H2,(H,15,16). The number of para-hydroxylation sites is 1. The summed E-state index contributed by atoms with van der Waals surface area (Å²) in [5.41, 5.74) is 2.09. The first-order valence-corrected chi connectivity index (χ1v) is 7.01. The zero-order chi connectivity index (χ0) is 11.7. The number of carboxylic acids is 1. The molecule has 2 unspecified atom stereocenters. The number of H-pyrrole nitrogens is 1. The van der Waals surface area contributed by atoms with E-state index in [-0.39, 0.29) is 4.71 Å². The molecule has 0 radical (unpaired) electrons. The van der Waals surface area contributed by atoms with Gasteiger partial charge in [-0.2, -0.15) is 0 Å². The molecular weight excluding hydrogens is 333 g/mol. The van der Waals surface area contributed by atoms with Gasteiger partial charge >= 0.3 is 110 Å². The van der Waals surface area contributed by atoms with Crippen LogP contribution in [-0.4, -0.2) is 32.9 Å². The molecule has 0 aliphatic rings. The van der Waals surface area contributed by atoms with Crippen LogP contribution in [0.25, 0.3) is 10.9 Å². The fourth-order valence-electron chi connectivity index (χ4n) is 1.67. The Bertz CT molecular complexity index is 538. The van der Waals surface area contributed by atoms with Crippen LogP contribution in [0.2, 0.25) is 4.71 Å². The molecule has 0 saturated heterocycles. The zero-order valence-electron chi connectivity index (χ0n) is 8.40. The van der Waals surface area contributed by atoms with Crippen molar-refractivity contribution in [3.63, 3.8) is 0 Å². The number of aromatic amines is 1. The molecule has 2 atom stereocenters. The van der Waals surface area contributed by atoms with E-state index in [1.165, 1.54) is 16.9 Å². The normalized spacial score (nSPS) is 12.9. The number of fused-ring (bicyclic) bond motifs is 1. The quantitative estimate of drug-likeness (QED) is 0.837. The first-order chi connectivity index (χ1) is 7.59. The average Bonchev–Trinajstić information content (AvgIpc) is 2.63. The monoisotopic (exact) mass is 343 g/mol. The third-order valence-corrected chi connectivity index (χ3v) is 4.26. The Labute approximate surface area is 110 Å². The number of halogens is 1. The van der Waals surface area contributed by atoms with E-state index >= 15 is 0 Å². The second-order valence-corrected chi connectivity index (χ2v) is 6.17. The first-order valence-electron chi connectivity index (χ1n) is 4.82.